The normalized spacial score (nSPS) is 15.8. The monoisotopic (exact) mass is 386 g/mol. The molecule has 28 heavy (non-hydrogen) atoms. The summed E-state index contributed by atoms with van der Waals surface area (Å²) >= 11 is 0. The average molecular weight is 386 g/mol. The van der Waals surface area contributed by atoms with Gasteiger partial charge in [-0.25, -0.2) is 4.39 Å². The Hall–Kier alpha value is -2.44. The second-order valence-corrected chi connectivity index (χ2v) is 6.78. The third-order valence-electron chi connectivity index (χ3n) is 4.79. The van der Waals surface area contributed by atoms with Gasteiger partial charge in [0.1, 0.15) is 11.6 Å². The number of ether oxygens (including phenoxy) is 2. The van der Waals surface area contributed by atoms with Crippen LogP contribution in [0, 0.1) is 5.82 Å². The molecule has 3 rings (SSSR count). The van der Waals surface area contributed by atoms with Gasteiger partial charge in [-0.05, 0) is 36.2 Å². The van der Waals surface area contributed by atoms with Crippen LogP contribution in [0.1, 0.15) is 24.4 Å². The first-order valence-corrected chi connectivity index (χ1v) is 9.74. The molecule has 2 aromatic rings. The predicted molar refractivity (Wildman–Crippen MR) is 106 cm³/mol. The number of hydrogen-bond acceptors (Lipinski definition) is 4. The number of para-hydroxylation sites is 1. The standard InChI is InChI=1S/C22H27FN2O3/c23-19-10-8-18(9-11-19)21(25-12-15-27-16-13-25)17-24-22(26)7-4-14-28-20-5-2-1-3-6-20/h1-3,5-6,8-11,21H,4,7,12-17H2,(H,24,26). The van der Waals surface area contributed by atoms with Crippen LogP contribution >= 0.6 is 0 Å². The van der Waals surface area contributed by atoms with Crippen LogP contribution < -0.4 is 10.1 Å². The Balaban J connectivity index is 1.46. The SMILES string of the molecule is O=C(CCCOc1ccccc1)NCC(c1ccc(F)cc1)N1CCOCC1. The Morgan fingerprint density at radius 3 is 2.54 bits per heavy atom. The summed E-state index contributed by atoms with van der Waals surface area (Å²) < 4.78 is 24.3. The molecule has 5 nitrogen and oxygen atoms in total. The molecule has 1 atom stereocenters. The van der Waals surface area contributed by atoms with Gasteiger partial charge in [0.15, 0.2) is 0 Å². The zero-order valence-electron chi connectivity index (χ0n) is 16.0. The van der Waals surface area contributed by atoms with Gasteiger partial charge in [-0.15, -0.1) is 0 Å². The third kappa shape index (κ3) is 6.32. The van der Waals surface area contributed by atoms with Crippen LogP contribution in [0.3, 0.4) is 0 Å². The van der Waals surface area contributed by atoms with Gasteiger partial charge in [0, 0.05) is 26.1 Å². The van der Waals surface area contributed by atoms with E-state index in [4.69, 9.17) is 9.47 Å². The van der Waals surface area contributed by atoms with E-state index in [1.165, 1.54) is 12.1 Å². The van der Waals surface area contributed by atoms with Gasteiger partial charge in [0.25, 0.3) is 0 Å². The highest BCUT2D eigenvalue weighted by Crippen LogP contribution is 2.21. The molecule has 1 N–H and O–H groups in total. The summed E-state index contributed by atoms with van der Waals surface area (Å²) in [6.07, 6.45) is 1.06. The van der Waals surface area contributed by atoms with Crippen molar-refractivity contribution < 1.29 is 18.7 Å². The highest BCUT2D eigenvalue weighted by atomic mass is 19.1. The second kappa shape index (κ2) is 10.8. The fraction of sp³-hybridized carbons (Fsp3) is 0.409. The lowest BCUT2D eigenvalue weighted by molar-refractivity contribution is -0.121. The Bertz CT molecular complexity index is 718. The van der Waals surface area contributed by atoms with Crippen molar-refractivity contribution in [3.05, 3.63) is 66.0 Å². The number of rotatable bonds is 9. The van der Waals surface area contributed by atoms with Gasteiger partial charge < -0.3 is 14.8 Å². The van der Waals surface area contributed by atoms with E-state index in [0.29, 0.717) is 39.2 Å². The molecule has 0 saturated carbocycles. The molecular formula is C22H27FN2O3. The van der Waals surface area contributed by atoms with Gasteiger partial charge in [-0.3, -0.25) is 9.69 Å². The molecular weight excluding hydrogens is 359 g/mol. The largest absolute Gasteiger partial charge is 0.494 e. The smallest absolute Gasteiger partial charge is 0.220 e. The van der Waals surface area contributed by atoms with Gasteiger partial charge in [0.05, 0.1) is 25.9 Å². The molecule has 1 amide bonds. The average Bonchev–Trinajstić information content (AvgIpc) is 2.74. The Morgan fingerprint density at radius 2 is 1.82 bits per heavy atom. The van der Waals surface area contributed by atoms with Crippen LogP contribution in [0.4, 0.5) is 4.39 Å². The highest BCUT2D eigenvalue weighted by Gasteiger charge is 2.23. The molecule has 1 aliphatic heterocycles. The maximum Gasteiger partial charge on any atom is 0.220 e. The molecule has 1 fully saturated rings. The molecule has 2 aromatic carbocycles. The number of amides is 1. The summed E-state index contributed by atoms with van der Waals surface area (Å²) in [5.74, 6) is 0.551. The fourth-order valence-electron chi connectivity index (χ4n) is 3.27. The van der Waals surface area contributed by atoms with Crippen molar-refractivity contribution >= 4 is 5.91 Å². The number of nitrogens with one attached hydrogen (secondary N) is 1. The summed E-state index contributed by atoms with van der Waals surface area (Å²) in [5.41, 5.74) is 0.996. The van der Waals surface area contributed by atoms with Crippen molar-refractivity contribution in [3.63, 3.8) is 0 Å². The Morgan fingerprint density at radius 1 is 1.11 bits per heavy atom. The lowest BCUT2D eigenvalue weighted by Crippen LogP contribution is -2.43. The minimum absolute atomic E-state index is 0.00275. The van der Waals surface area contributed by atoms with Crippen molar-refractivity contribution in [1.29, 1.82) is 0 Å². The van der Waals surface area contributed by atoms with Crippen LogP contribution in [0.5, 0.6) is 5.75 Å². The molecule has 1 heterocycles. The van der Waals surface area contributed by atoms with Crippen molar-refractivity contribution in [1.82, 2.24) is 10.2 Å². The van der Waals surface area contributed by atoms with E-state index in [1.54, 1.807) is 12.1 Å². The molecule has 1 saturated heterocycles. The lowest BCUT2D eigenvalue weighted by Gasteiger charge is -2.35. The number of carbonyl (C=O) groups excluding carboxylic acids is 1. The van der Waals surface area contributed by atoms with Gasteiger partial charge >= 0.3 is 0 Å². The van der Waals surface area contributed by atoms with Crippen LogP contribution in [-0.4, -0.2) is 50.3 Å². The Kier molecular flexibility index (Phi) is 7.82. The number of carbonyl (C=O) groups is 1. The summed E-state index contributed by atoms with van der Waals surface area (Å²) in [5, 5.41) is 3.02. The number of nitrogens with zero attached hydrogens (tertiary/aromatic N) is 1. The molecule has 1 unspecified atom stereocenters. The zero-order chi connectivity index (χ0) is 19.6. The molecule has 0 bridgehead atoms. The maximum atomic E-state index is 13.3. The van der Waals surface area contributed by atoms with E-state index in [9.17, 15) is 9.18 Å². The summed E-state index contributed by atoms with van der Waals surface area (Å²) in [7, 11) is 0. The minimum Gasteiger partial charge on any atom is -0.494 e. The molecule has 0 aliphatic carbocycles. The van der Waals surface area contributed by atoms with Crippen LogP contribution in [0.15, 0.2) is 54.6 Å². The first kappa shape index (κ1) is 20.3. The van der Waals surface area contributed by atoms with E-state index < -0.39 is 0 Å². The quantitative estimate of drug-likeness (QED) is 0.673. The molecule has 150 valence electrons. The fourth-order valence-corrected chi connectivity index (χ4v) is 3.27. The van der Waals surface area contributed by atoms with E-state index in [1.807, 2.05) is 30.3 Å². The van der Waals surface area contributed by atoms with E-state index in [-0.39, 0.29) is 17.8 Å². The molecule has 6 heteroatoms. The molecule has 0 radical (unpaired) electrons. The third-order valence-corrected chi connectivity index (χ3v) is 4.79. The Labute approximate surface area is 165 Å². The van der Waals surface area contributed by atoms with Gasteiger partial charge in [-0.1, -0.05) is 30.3 Å². The van der Waals surface area contributed by atoms with Crippen LogP contribution in [-0.2, 0) is 9.53 Å². The molecule has 1 aliphatic rings. The van der Waals surface area contributed by atoms with E-state index in [0.717, 1.165) is 24.4 Å². The van der Waals surface area contributed by atoms with Gasteiger partial charge in [-0.2, -0.15) is 0 Å². The van der Waals surface area contributed by atoms with E-state index in [2.05, 4.69) is 10.2 Å². The van der Waals surface area contributed by atoms with E-state index >= 15 is 0 Å². The number of morpholine rings is 1. The maximum absolute atomic E-state index is 13.3. The van der Waals surface area contributed by atoms with Crippen LogP contribution in [0.25, 0.3) is 0 Å². The van der Waals surface area contributed by atoms with Crippen LogP contribution in [0.2, 0.25) is 0 Å². The van der Waals surface area contributed by atoms with Crippen molar-refractivity contribution in [2.45, 2.75) is 18.9 Å². The second-order valence-electron chi connectivity index (χ2n) is 6.78. The van der Waals surface area contributed by atoms with Crippen molar-refractivity contribution in [3.8, 4) is 5.75 Å². The molecule has 0 spiro atoms. The first-order valence-electron chi connectivity index (χ1n) is 9.74. The van der Waals surface area contributed by atoms with Crippen molar-refractivity contribution in [2.24, 2.45) is 0 Å². The zero-order valence-corrected chi connectivity index (χ0v) is 16.0. The summed E-state index contributed by atoms with van der Waals surface area (Å²) in [6.45, 7) is 3.92. The molecule has 0 aromatic heterocycles. The minimum atomic E-state index is -0.257. The summed E-state index contributed by atoms with van der Waals surface area (Å²) in [4.78, 5) is 14.5. The lowest BCUT2D eigenvalue weighted by atomic mass is 10.0. The highest BCUT2D eigenvalue weighted by molar-refractivity contribution is 5.75. The van der Waals surface area contributed by atoms with Crippen molar-refractivity contribution in [2.75, 3.05) is 39.5 Å². The number of hydrogen-bond donors (Lipinski definition) is 1. The number of halogens is 1. The topological polar surface area (TPSA) is 50.8 Å². The predicted octanol–water partition coefficient (Wildman–Crippen LogP) is 3.17. The first-order chi connectivity index (χ1) is 13.7. The van der Waals surface area contributed by atoms with Gasteiger partial charge in [0.2, 0.25) is 5.91 Å². The summed E-state index contributed by atoms with van der Waals surface area (Å²) in [6, 6.07) is 16.1. The number of benzene rings is 2.